The van der Waals surface area contributed by atoms with Crippen molar-refractivity contribution in [1.29, 1.82) is 0 Å². The molecule has 1 aromatic heterocycles. The molecule has 8 heteroatoms. The Morgan fingerprint density at radius 2 is 2.05 bits per heavy atom. The van der Waals surface area contributed by atoms with Crippen molar-refractivity contribution in [1.82, 2.24) is 9.97 Å². The normalized spacial score (nSPS) is 11.3. The van der Waals surface area contributed by atoms with Crippen molar-refractivity contribution in [2.75, 3.05) is 4.72 Å². The van der Waals surface area contributed by atoms with Crippen LogP contribution >= 0.6 is 0 Å². The number of hydrogen-bond acceptors (Lipinski definition) is 4. The van der Waals surface area contributed by atoms with Crippen molar-refractivity contribution in [3.8, 4) is 0 Å². The number of imidazole rings is 1. The average Bonchev–Trinajstić information content (AvgIpc) is 2.79. The summed E-state index contributed by atoms with van der Waals surface area (Å²) in [7, 11) is -3.82. The van der Waals surface area contributed by atoms with Gasteiger partial charge >= 0.3 is 5.97 Å². The SMILES string of the molecule is Cc1ncc(S(=O)(=O)Nc2cc(C(=O)O)ccc2C)[nH]1. The van der Waals surface area contributed by atoms with Crippen molar-refractivity contribution in [3.63, 3.8) is 0 Å². The van der Waals surface area contributed by atoms with Crippen molar-refractivity contribution in [2.45, 2.75) is 18.9 Å². The van der Waals surface area contributed by atoms with E-state index in [0.717, 1.165) is 0 Å². The number of aromatic nitrogens is 2. The standard InChI is InChI=1S/C12H13N3O4S/c1-7-3-4-9(12(16)17)5-10(7)15-20(18,19)11-6-13-8(2)14-11/h3-6,15H,1-2H3,(H,13,14)(H,16,17). The van der Waals surface area contributed by atoms with E-state index in [1.54, 1.807) is 19.9 Å². The number of H-pyrrole nitrogens is 1. The lowest BCUT2D eigenvalue weighted by Gasteiger charge is -2.10. The van der Waals surface area contributed by atoms with Gasteiger partial charge in [-0.05, 0) is 31.5 Å². The van der Waals surface area contributed by atoms with Crippen molar-refractivity contribution < 1.29 is 18.3 Å². The topological polar surface area (TPSA) is 112 Å². The highest BCUT2D eigenvalue weighted by atomic mass is 32.2. The zero-order valence-corrected chi connectivity index (χ0v) is 11.7. The van der Waals surface area contributed by atoms with E-state index in [1.165, 1.54) is 18.3 Å². The Labute approximate surface area is 115 Å². The van der Waals surface area contributed by atoms with Gasteiger partial charge in [0.25, 0.3) is 10.0 Å². The third kappa shape index (κ3) is 2.80. The lowest BCUT2D eigenvalue weighted by Crippen LogP contribution is -2.14. The van der Waals surface area contributed by atoms with Gasteiger partial charge < -0.3 is 10.1 Å². The number of carboxylic acids is 1. The first-order valence-electron chi connectivity index (χ1n) is 5.68. The number of nitrogens with one attached hydrogen (secondary N) is 2. The molecule has 0 bridgehead atoms. The number of aromatic carboxylic acids is 1. The monoisotopic (exact) mass is 295 g/mol. The van der Waals surface area contributed by atoms with E-state index >= 15 is 0 Å². The Balaban J connectivity index is 2.39. The van der Waals surface area contributed by atoms with Crippen LogP contribution in [0.2, 0.25) is 0 Å². The Morgan fingerprint density at radius 3 is 2.60 bits per heavy atom. The Bertz CT molecular complexity index is 765. The van der Waals surface area contributed by atoms with Gasteiger partial charge in [-0.25, -0.2) is 9.78 Å². The predicted octanol–water partition coefficient (Wildman–Crippen LogP) is 1.53. The van der Waals surface area contributed by atoms with Crippen molar-refractivity contribution >= 4 is 21.7 Å². The summed E-state index contributed by atoms with van der Waals surface area (Å²) in [4.78, 5) is 17.3. The molecule has 0 saturated carbocycles. The van der Waals surface area contributed by atoms with Gasteiger partial charge in [0.15, 0.2) is 5.03 Å². The van der Waals surface area contributed by atoms with E-state index in [0.29, 0.717) is 11.4 Å². The van der Waals surface area contributed by atoms with Crippen LogP contribution in [0, 0.1) is 13.8 Å². The maximum atomic E-state index is 12.1. The third-order valence-electron chi connectivity index (χ3n) is 2.70. The van der Waals surface area contributed by atoms with Gasteiger partial charge in [-0.1, -0.05) is 6.07 Å². The molecule has 2 rings (SSSR count). The summed E-state index contributed by atoms with van der Waals surface area (Å²) in [5.41, 5.74) is 0.848. The molecule has 0 aliphatic heterocycles. The molecule has 1 heterocycles. The van der Waals surface area contributed by atoms with E-state index in [-0.39, 0.29) is 16.3 Å². The molecule has 20 heavy (non-hydrogen) atoms. The number of anilines is 1. The largest absolute Gasteiger partial charge is 0.478 e. The molecule has 0 unspecified atom stereocenters. The molecule has 1 aromatic carbocycles. The number of nitrogens with zero attached hydrogens (tertiary/aromatic N) is 1. The molecule has 0 fully saturated rings. The second-order valence-electron chi connectivity index (χ2n) is 4.27. The van der Waals surface area contributed by atoms with E-state index in [1.807, 2.05) is 0 Å². The smallest absolute Gasteiger partial charge is 0.335 e. The number of hydrogen-bond donors (Lipinski definition) is 3. The lowest BCUT2D eigenvalue weighted by molar-refractivity contribution is 0.0697. The molecular formula is C12H13N3O4S. The molecule has 0 radical (unpaired) electrons. The number of aromatic amines is 1. The highest BCUT2D eigenvalue weighted by molar-refractivity contribution is 7.92. The van der Waals surface area contributed by atoms with E-state index in [2.05, 4.69) is 14.7 Å². The second kappa shape index (κ2) is 4.97. The van der Waals surface area contributed by atoms with Gasteiger partial charge in [-0.2, -0.15) is 8.42 Å². The van der Waals surface area contributed by atoms with Gasteiger partial charge in [0, 0.05) is 0 Å². The minimum Gasteiger partial charge on any atom is -0.478 e. The fourth-order valence-electron chi connectivity index (χ4n) is 1.60. The molecule has 0 atom stereocenters. The van der Waals surface area contributed by atoms with Crippen LogP contribution in [-0.4, -0.2) is 29.5 Å². The molecule has 0 aliphatic carbocycles. The third-order valence-corrected chi connectivity index (χ3v) is 3.97. The zero-order chi connectivity index (χ0) is 14.9. The maximum absolute atomic E-state index is 12.1. The molecule has 0 saturated heterocycles. The molecule has 0 spiro atoms. The summed E-state index contributed by atoms with van der Waals surface area (Å²) >= 11 is 0. The van der Waals surface area contributed by atoms with Crippen molar-refractivity contribution in [3.05, 3.63) is 41.3 Å². The fraction of sp³-hybridized carbons (Fsp3) is 0.167. The quantitative estimate of drug-likeness (QED) is 0.791. The van der Waals surface area contributed by atoms with E-state index < -0.39 is 16.0 Å². The molecule has 7 nitrogen and oxygen atoms in total. The van der Waals surface area contributed by atoms with Crippen LogP contribution in [0.15, 0.2) is 29.4 Å². The van der Waals surface area contributed by atoms with Gasteiger partial charge in [0.2, 0.25) is 0 Å². The Hall–Kier alpha value is -2.35. The highest BCUT2D eigenvalue weighted by Crippen LogP contribution is 2.20. The Kier molecular flexibility index (Phi) is 3.49. The minimum absolute atomic E-state index is 0.00842. The number of carboxylic acid groups (broad SMARTS) is 1. The van der Waals surface area contributed by atoms with Crippen LogP contribution in [0.3, 0.4) is 0 Å². The molecule has 3 N–H and O–H groups in total. The number of benzene rings is 1. The van der Waals surface area contributed by atoms with E-state index in [9.17, 15) is 13.2 Å². The Morgan fingerprint density at radius 1 is 1.35 bits per heavy atom. The van der Waals surface area contributed by atoms with Crippen LogP contribution in [0.1, 0.15) is 21.7 Å². The van der Waals surface area contributed by atoms with Crippen molar-refractivity contribution in [2.24, 2.45) is 0 Å². The first-order chi connectivity index (χ1) is 9.29. The van der Waals surface area contributed by atoms with Crippen LogP contribution in [0.25, 0.3) is 0 Å². The van der Waals surface area contributed by atoms with Gasteiger partial charge in [0.1, 0.15) is 5.82 Å². The summed E-state index contributed by atoms with van der Waals surface area (Å²) in [5, 5.41) is 8.85. The minimum atomic E-state index is -3.82. The van der Waals surface area contributed by atoms with Crippen LogP contribution in [-0.2, 0) is 10.0 Å². The molecule has 0 aliphatic rings. The molecular weight excluding hydrogens is 282 g/mol. The van der Waals surface area contributed by atoms with Crippen LogP contribution in [0.4, 0.5) is 5.69 Å². The highest BCUT2D eigenvalue weighted by Gasteiger charge is 2.18. The maximum Gasteiger partial charge on any atom is 0.335 e. The number of carbonyl (C=O) groups is 1. The molecule has 106 valence electrons. The fourth-order valence-corrected chi connectivity index (χ4v) is 2.69. The van der Waals surface area contributed by atoms with Gasteiger partial charge in [-0.3, -0.25) is 4.72 Å². The number of sulfonamides is 1. The predicted molar refractivity (Wildman–Crippen MR) is 72.3 cm³/mol. The van der Waals surface area contributed by atoms with Gasteiger partial charge in [0.05, 0.1) is 17.4 Å². The first kappa shape index (κ1) is 14.1. The van der Waals surface area contributed by atoms with Gasteiger partial charge in [-0.15, -0.1) is 0 Å². The summed E-state index contributed by atoms with van der Waals surface area (Å²) in [6, 6.07) is 4.23. The lowest BCUT2D eigenvalue weighted by atomic mass is 10.1. The zero-order valence-electron chi connectivity index (χ0n) is 10.8. The number of aryl methyl sites for hydroxylation is 2. The van der Waals surface area contributed by atoms with E-state index in [4.69, 9.17) is 5.11 Å². The first-order valence-corrected chi connectivity index (χ1v) is 7.16. The summed E-state index contributed by atoms with van der Waals surface area (Å²) in [6.45, 7) is 3.32. The average molecular weight is 295 g/mol. The second-order valence-corrected chi connectivity index (χ2v) is 5.92. The van der Waals surface area contributed by atoms with Crippen LogP contribution in [0.5, 0.6) is 0 Å². The number of rotatable bonds is 4. The summed E-state index contributed by atoms with van der Waals surface area (Å²) in [6.07, 6.45) is 1.20. The molecule has 2 aromatic rings. The summed E-state index contributed by atoms with van der Waals surface area (Å²) < 4.78 is 26.6. The van der Waals surface area contributed by atoms with Crippen LogP contribution < -0.4 is 4.72 Å². The summed E-state index contributed by atoms with van der Waals surface area (Å²) in [5.74, 6) is -0.649. The molecule has 0 amide bonds.